The number of nitrogens with zero attached hydrogens (tertiary/aromatic N) is 1. The summed E-state index contributed by atoms with van der Waals surface area (Å²) in [6.45, 7) is 1.32. The lowest BCUT2D eigenvalue weighted by molar-refractivity contribution is -0.141. The van der Waals surface area contributed by atoms with Crippen molar-refractivity contribution in [2.75, 3.05) is 5.32 Å². The second-order valence-corrected chi connectivity index (χ2v) is 7.49. The van der Waals surface area contributed by atoms with Gasteiger partial charge in [-0.15, -0.1) is 0 Å². The van der Waals surface area contributed by atoms with Crippen LogP contribution < -0.4 is 5.32 Å². The number of aromatic nitrogens is 1. The van der Waals surface area contributed by atoms with Crippen molar-refractivity contribution in [3.8, 4) is 0 Å². The smallest absolute Gasteiger partial charge is 0.326 e. The number of halogens is 3. The van der Waals surface area contributed by atoms with E-state index < -0.39 is 27.5 Å². The summed E-state index contributed by atoms with van der Waals surface area (Å²) >= 11 is 0. The molecule has 9 heteroatoms. The number of rotatable bonds is 5. The number of sulfone groups is 1. The Morgan fingerprint density at radius 2 is 1.80 bits per heavy atom. The molecule has 1 N–H and O–H groups in total. The van der Waals surface area contributed by atoms with Crippen LogP contribution in [0.1, 0.15) is 23.9 Å². The molecule has 0 aliphatic carbocycles. The van der Waals surface area contributed by atoms with Gasteiger partial charge in [-0.3, -0.25) is 4.79 Å². The Hall–Kier alpha value is -2.42. The van der Waals surface area contributed by atoms with Crippen molar-refractivity contribution in [2.24, 2.45) is 0 Å². The van der Waals surface area contributed by atoms with E-state index in [1.165, 1.54) is 19.1 Å². The van der Waals surface area contributed by atoms with Gasteiger partial charge in [-0.05, 0) is 29.8 Å². The third kappa shape index (κ3) is 5.86. The number of pyridine rings is 1. The van der Waals surface area contributed by atoms with Crippen LogP contribution in [-0.2, 0) is 32.3 Å². The van der Waals surface area contributed by atoms with E-state index in [9.17, 15) is 26.4 Å². The molecule has 5 nitrogen and oxygen atoms in total. The van der Waals surface area contributed by atoms with E-state index in [0.717, 1.165) is 12.1 Å². The van der Waals surface area contributed by atoms with Crippen LogP contribution in [0, 0.1) is 0 Å². The lowest BCUT2D eigenvalue weighted by Gasteiger charge is -2.09. The summed E-state index contributed by atoms with van der Waals surface area (Å²) in [6.07, 6.45) is -4.63. The lowest BCUT2D eigenvalue weighted by Crippen LogP contribution is -2.13. The maximum absolute atomic E-state index is 12.6. The summed E-state index contributed by atoms with van der Waals surface area (Å²) in [6, 6.07) is 9.39. The van der Waals surface area contributed by atoms with Gasteiger partial charge >= 0.3 is 6.18 Å². The van der Waals surface area contributed by atoms with E-state index in [2.05, 4.69) is 10.3 Å². The minimum Gasteiger partial charge on any atom is -0.326 e. The molecule has 0 atom stereocenters. The largest absolute Gasteiger partial charge is 0.433 e. The van der Waals surface area contributed by atoms with Gasteiger partial charge in [0.05, 0.1) is 17.2 Å². The van der Waals surface area contributed by atoms with Crippen LogP contribution in [0.15, 0.2) is 42.5 Å². The number of nitrogens with one attached hydrogen (secondary N) is 1. The number of hydrogen-bond acceptors (Lipinski definition) is 4. The first-order valence-electron chi connectivity index (χ1n) is 7.15. The fourth-order valence-corrected chi connectivity index (χ4v) is 3.59. The monoisotopic (exact) mass is 372 g/mol. The molecule has 134 valence electrons. The highest BCUT2D eigenvalue weighted by Crippen LogP contribution is 2.27. The molecule has 25 heavy (non-hydrogen) atoms. The van der Waals surface area contributed by atoms with E-state index in [0.29, 0.717) is 11.3 Å². The van der Waals surface area contributed by atoms with Crippen LogP contribution >= 0.6 is 0 Å². The molecule has 0 spiro atoms. The maximum Gasteiger partial charge on any atom is 0.433 e. The molecule has 2 rings (SSSR count). The van der Waals surface area contributed by atoms with Crippen LogP contribution in [0.4, 0.5) is 18.9 Å². The minimum absolute atomic E-state index is 0.173. The minimum atomic E-state index is -4.63. The highest BCUT2D eigenvalue weighted by Gasteiger charge is 2.32. The molecular formula is C16H15F3N2O3S. The second kappa shape index (κ2) is 7.22. The molecular weight excluding hydrogens is 357 g/mol. The maximum atomic E-state index is 12.6. The van der Waals surface area contributed by atoms with Crippen LogP contribution in [0.3, 0.4) is 0 Å². The van der Waals surface area contributed by atoms with Gasteiger partial charge in [0.25, 0.3) is 0 Å². The Labute approximate surface area is 142 Å². The zero-order valence-corrected chi connectivity index (χ0v) is 14.0. The second-order valence-electron chi connectivity index (χ2n) is 5.43. The third-order valence-corrected chi connectivity index (χ3v) is 4.61. The first-order chi connectivity index (χ1) is 11.5. The summed E-state index contributed by atoms with van der Waals surface area (Å²) in [4.78, 5) is 14.4. The summed E-state index contributed by atoms with van der Waals surface area (Å²) < 4.78 is 62.5. The molecule has 0 saturated heterocycles. The fourth-order valence-electron chi connectivity index (χ4n) is 2.19. The summed E-state index contributed by atoms with van der Waals surface area (Å²) in [7, 11) is -3.74. The van der Waals surface area contributed by atoms with Crippen molar-refractivity contribution >= 4 is 21.4 Å². The lowest BCUT2D eigenvalue weighted by atomic mass is 10.2. The number of alkyl halides is 3. The Kier molecular flexibility index (Phi) is 5.46. The van der Waals surface area contributed by atoms with Crippen molar-refractivity contribution in [1.82, 2.24) is 4.98 Å². The van der Waals surface area contributed by atoms with Crippen LogP contribution in [0.5, 0.6) is 0 Å². The zero-order chi connectivity index (χ0) is 18.7. The Morgan fingerprint density at radius 3 is 2.44 bits per heavy atom. The fraction of sp³-hybridized carbons (Fsp3) is 0.250. The SMILES string of the molecule is CC(=O)Nc1cccc(CS(=O)(=O)Cc2cccc(C(F)(F)F)n2)c1. The Balaban J connectivity index is 2.16. The number of anilines is 1. The summed E-state index contributed by atoms with van der Waals surface area (Å²) in [5, 5.41) is 2.53. The van der Waals surface area contributed by atoms with E-state index >= 15 is 0 Å². The summed E-state index contributed by atoms with van der Waals surface area (Å²) in [5.41, 5.74) is -0.448. The molecule has 1 heterocycles. The summed E-state index contributed by atoms with van der Waals surface area (Å²) in [5.74, 6) is -1.28. The Bertz CT molecular complexity index is 880. The van der Waals surface area contributed by atoms with Gasteiger partial charge < -0.3 is 5.32 Å². The van der Waals surface area contributed by atoms with E-state index in [4.69, 9.17) is 0 Å². The van der Waals surface area contributed by atoms with Gasteiger partial charge in [-0.2, -0.15) is 13.2 Å². The van der Waals surface area contributed by atoms with Crippen LogP contribution in [0.2, 0.25) is 0 Å². The van der Waals surface area contributed by atoms with Crippen molar-refractivity contribution in [1.29, 1.82) is 0 Å². The molecule has 1 aromatic heterocycles. The number of hydrogen-bond donors (Lipinski definition) is 1. The third-order valence-electron chi connectivity index (χ3n) is 3.10. The average Bonchev–Trinajstić information content (AvgIpc) is 2.45. The molecule has 0 bridgehead atoms. The number of carbonyl (C=O) groups is 1. The van der Waals surface area contributed by atoms with Gasteiger partial charge in [0, 0.05) is 12.6 Å². The molecule has 1 amide bonds. The van der Waals surface area contributed by atoms with Crippen molar-refractivity contribution in [3.05, 3.63) is 59.4 Å². The standard InChI is InChI=1S/C16H15F3N2O3S/c1-11(22)20-13-5-2-4-12(8-13)9-25(23,24)10-14-6-3-7-15(21-14)16(17,18)19/h2-8H,9-10H2,1H3,(H,20,22). The van der Waals surface area contributed by atoms with Gasteiger partial charge in [0.1, 0.15) is 5.69 Å². The normalized spacial score (nSPS) is 12.0. The molecule has 0 unspecified atom stereocenters. The number of benzene rings is 1. The highest BCUT2D eigenvalue weighted by molar-refractivity contribution is 7.89. The molecule has 0 saturated carbocycles. The Morgan fingerprint density at radius 1 is 1.12 bits per heavy atom. The van der Waals surface area contributed by atoms with Gasteiger partial charge in [0.2, 0.25) is 5.91 Å². The molecule has 0 radical (unpaired) electrons. The van der Waals surface area contributed by atoms with Gasteiger partial charge in [-0.1, -0.05) is 18.2 Å². The zero-order valence-electron chi connectivity index (χ0n) is 13.2. The topological polar surface area (TPSA) is 76.1 Å². The quantitative estimate of drug-likeness (QED) is 0.875. The molecule has 1 aromatic carbocycles. The predicted octanol–water partition coefficient (Wildman–Crippen LogP) is 3.17. The first kappa shape index (κ1) is 18.9. The van der Waals surface area contributed by atoms with E-state index in [1.54, 1.807) is 18.2 Å². The number of carbonyl (C=O) groups excluding carboxylic acids is 1. The van der Waals surface area contributed by atoms with Gasteiger partial charge in [0.15, 0.2) is 9.84 Å². The molecule has 2 aromatic rings. The van der Waals surface area contributed by atoms with E-state index in [1.807, 2.05) is 0 Å². The van der Waals surface area contributed by atoms with E-state index in [-0.39, 0.29) is 17.4 Å². The highest BCUT2D eigenvalue weighted by atomic mass is 32.2. The molecule has 0 fully saturated rings. The van der Waals surface area contributed by atoms with Crippen molar-refractivity contribution in [3.63, 3.8) is 0 Å². The molecule has 0 aliphatic rings. The first-order valence-corrected chi connectivity index (χ1v) is 8.97. The van der Waals surface area contributed by atoms with Crippen molar-refractivity contribution < 1.29 is 26.4 Å². The van der Waals surface area contributed by atoms with Crippen LogP contribution in [0.25, 0.3) is 0 Å². The molecule has 0 aliphatic heterocycles. The van der Waals surface area contributed by atoms with Crippen molar-refractivity contribution in [2.45, 2.75) is 24.6 Å². The van der Waals surface area contributed by atoms with Gasteiger partial charge in [-0.25, -0.2) is 13.4 Å². The average molecular weight is 372 g/mol. The number of amides is 1. The predicted molar refractivity (Wildman–Crippen MR) is 86.3 cm³/mol. The van der Waals surface area contributed by atoms with Crippen LogP contribution in [-0.4, -0.2) is 19.3 Å².